The summed E-state index contributed by atoms with van der Waals surface area (Å²) in [6, 6.07) is 21.7. The molecule has 4 aromatic rings. The van der Waals surface area contributed by atoms with Crippen LogP contribution in [0.4, 0.5) is 0 Å². The molecule has 0 aliphatic rings. The van der Waals surface area contributed by atoms with Gasteiger partial charge in [-0.1, -0.05) is 36.4 Å². The quantitative estimate of drug-likeness (QED) is 0.377. The van der Waals surface area contributed by atoms with E-state index in [1.54, 1.807) is 20.4 Å². The molecule has 0 N–H and O–H groups in total. The fourth-order valence-electron chi connectivity index (χ4n) is 3.22. The van der Waals surface area contributed by atoms with Crippen molar-refractivity contribution in [3.8, 4) is 22.8 Å². The Morgan fingerprint density at radius 2 is 1.81 bits per heavy atom. The normalized spacial score (nSPS) is 12.1. The Morgan fingerprint density at radius 3 is 2.53 bits per heavy atom. The summed E-state index contributed by atoms with van der Waals surface area (Å²) in [6.45, 7) is 2.52. The molecule has 0 bridgehead atoms. The highest BCUT2D eigenvalue weighted by atomic mass is 32.1. The van der Waals surface area contributed by atoms with Crippen LogP contribution in [0.15, 0.2) is 88.4 Å². The molecule has 162 valence electrons. The number of rotatable bonds is 7. The van der Waals surface area contributed by atoms with Gasteiger partial charge in [-0.3, -0.25) is 9.98 Å². The van der Waals surface area contributed by atoms with E-state index in [0.29, 0.717) is 12.3 Å². The van der Waals surface area contributed by atoms with Crippen LogP contribution < -0.4 is 14.3 Å². The second kappa shape index (κ2) is 10.1. The van der Waals surface area contributed by atoms with E-state index in [9.17, 15) is 0 Å². The summed E-state index contributed by atoms with van der Waals surface area (Å²) >= 11 is 1.54. The maximum Gasteiger partial charge on any atom is 0.206 e. The minimum Gasteiger partial charge on any atom is -0.497 e. The molecule has 0 aliphatic carbocycles. The summed E-state index contributed by atoms with van der Waals surface area (Å²) in [7, 11) is 3.29. The fraction of sp³-hybridized carbons (Fsp3) is 0.160. The molecule has 0 saturated heterocycles. The van der Waals surface area contributed by atoms with Gasteiger partial charge in [0, 0.05) is 23.2 Å². The third-order valence-corrected chi connectivity index (χ3v) is 5.75. The highest BCUT2D eigenvalue weighted by molar-refractivity contribution is 7.07. The van der Waals surface area contributed by atoms with Crippen LogP contribution in [0, 0.1) is 0 Å². The van der Waals surface area contributed by atoms with Crippen molar-refractivity contribution in [1.29, 1.82) is 0 Å². The molecule has 0 spiro atoms. The Morgan fingerprint density at radius 1 is 1.00 bits per heavy atom. The van der Waals surface area contributed by atoms with Gasteiger partial charge in [-0.05, 0) is 36.8 Å². The van der Waals surface area contributed by atoms with Gasteiger partial charge in [0.2, 0.25) is 4.80 Å². The number of pyridine rings is 1. The van der Waals surface area contributed by atoms with Crippen molar-refractivity contribution in [2.24, 2.45) is 10.1 Å². The predicted molar refractivity (Wildman–Crippen MR) is 128 cm³/mol. The van der Waals surface area contributed by atoms with E-state index < -0.39 is 0 Å². The molecule has 0 aliphatic heterocycles. The van der Waals surface area contributed by atoms with Crippen molar-refractivity contribution in [3.05, 3.63) is 94.4 Å². The number of ether oxygens (including phenoxy) is 2. The van der Waals surface area contributed by atoms with Gasteiger partial charge in [-0.2, -0.15) is 5.10 Å². The predicted octanol–water partition coefficient (Wildman–Crippen LogP) is 5.00. The van der Waals surface area contributed by atoms with E-state index in [4.69, 9.17) is 19.6 Å². The van der Waals surface area contributed by atoms with E-state index in [0.717, 1.165) is 38.8 Å². The highest BCUT2D eigenvalue weighted by Gasteiger charge is 2.14. The Hall–Kier alpha value is -3.71. The van der Waals surface area contributed by atoms with Crippen molar-refractivity contribution in [3.63, 3.8) is 0 Å². The van der Waals surface area contributed by atoms with Crippen LogP contribution in [-0.2, 0) is 6.54 Å². The number of aromatic nitrogens is 2. The van der Waals surface area contributed by atoms with Crippen molar-refractivity contribution in [1.82, 2.24) is 9.66 Å². The van der Waals surface area contributed by atoms with Crippen molar-refractivity contribution >= 4 is 17.0 Å². The van der Waals surface area contributed by atoms with Crippen molar-refractivity contribution < 1.29 is 9.47 Å². The highest BCUT2D eigenvalue weighted by Crippen LogP contribution is 2.33. The van der Waals surface area contributed by atoms with Gasteiger partial charge >= 0.3 is 0 Å². The Balaban J connectivity index is 1.85. The second-order valence-electron chi connectivity index (χ2n) is 6.98. The number of nitrogens with zero attached hydrogens (tertiary/aromatic N) is 4. The summed E-state index contributed by atoms with van der Waals surface area (Å²) in [5.74, 6) is 1.44. The molecule has 6 nitrogen and oxygen atoms in total. The monoisotopic (exact) mass is 444 g/mol. The van der Waals surface area contributed by atoms with Gasteiger partial charge < -0.3 is 9.47 Å². The average molecular weight is 445 g/mol. The van der Waals surface area contributed by atoms with E-state index in [1.165, 1.54) is 11.3 Å². The van der Waals surface area contributed by atoms with Gasteiger partial charge in [-0.15, -0.1) is 11.3 Å². The molecular weight excluding hydrogens is 420 g/mol. The molecule has 0 unspecified atom stereocenters. The van der Waals surface area contributed by atoms with Crippen molar-refractivity contribution in [2.75, 3.05) is 14.2 Å². The number of hydrogen-bond acceptors (Lipinski definition) is 6. The van der Waals surface area contributed by atoms with Crippen LogP contribution in [0.25, 0.3) is 11.3 Å². The summed E-state index contributed by atoms with van der Waals surface area (Å²) in [5, 5.41) is 6.94. The third-order valence-electron chi connectivity index (χ3n) is 4.90. The zero-order valence-corrected chi connectivity index (χ0v) is 19.0. The first kappa shape index (κ1) is 21.5. The fourth-order valence-corrected chi connectivity index (χ4v) is 4.04. The first-order valence-corrected chi connectivity index (χ1v) is 11.0. The van der Waals surface area contributed by atoms with Gasteiger partial charge in [0.25, 0.3) is 0 Å². The van der Waals surface area contributed by atoms with Crippen molar-refractivity contribution in [2.45, 2.75) is 13.5 Å². The molecule has 0 radical (unpaired) electrons. The lowest BCUT2D eigenvalue weighted by molar-refractivity contribution is 0.395. The van der Waals surface area contributed by atoms with E-state index in [2.05, 4.69) is 17.1 Å². The molecule has 0 fully saturated rings. The first-order chi connectivity index (χ1) is 15.7. The molecular formula is C25H24N4O2S. The molecule has 0 atom stereocenters. The van der Waals surface area contributed by atoms with Crippen LogP contribution in [0.3, 0.4) is 0 Å². The molecule has 2 aromatic carbocycles. The molecule has 7 heteroatoms. The first-order valence-electron chi connectivity index (χ1n) is 10.1. The summed E-state index contributed by atoms with van der Waals surface area (Å²) < 4.78 is 12.9. The standard InChI is InChI=1S/C25H24N4O2S/c1-18(22-11-7-8-14-26-22)28-29-23(21-13-12-20(30-2)15-24(21)31-3)17-32-25(29)27-16-19-9-5-4-6-10-19/h4-15,17H,16H2,1-3H3. The maximum absolute atomic E-state index is 5.65. The lowest BCUT2D eigenvalue weighted by Crippen LogP contribution is -2.15. The molecule has 0 amide bonds. The third kappa shape index (κ3) is 4.78. The number of methoxy groups -OCH3 is 2. The Bertz CT molecular complexity index is 1280. The molecule has 0 saturated carbocycles. The Kier molecular flexibility index (Phi) is 6.77. The van der Waals surface area contributed by atoms with E-state index >= 15 is 0 Å². The maximum atomic E-state index is 5.65. The lowest BCUT2D eigenvalue weighted by Gasteiger charge is -2.11. The van der Waals surface area contributed by atoms with Crippen LogP contribution in [-0.4, -0.2) is 29.6 Å². The van der Waals surface area contributed by atoms with Crippen LogP contribution >= 0.6 is 11.3 Å². The molecule has 2 heterocycles. The van der Waals surface area contributed by atoms with Crippen LogP contribution in [0.2, 0.25) is 0 Å². The zero-order valence-electron chi connectivity index (χ0n) is 18.2. The number of hydrogen-bond donors (Lipinski definition) is 0. The summed E-state index contributed by atoms with van der Waals surface area (Å²) in [4.78, 5) is 10.1. The zero-order chi connectivity index (χ0) is 22.3. The topological polar surface area (TPSA) is 61.0 Å². The van der Waals surface area contributed by atoms with Gasteiger partial charge in [0.15, 0.2) is 0 Å². The van der Waals surface area contributed by atoms with E-state index in [-0.39, 0.29) is 0 Å². The summed E-state index contributed by atoms with van der Waals surface area (Å²) in [5.41, 5.74) is 4.54. The minimum atomic E-state index is 0.568. The minimum absolute atomic E-state index is 0.568. The van der Waals surface area contributed by atoms with Crippen LogP contribution in [0.5, 0.6) is 11.5 Å². The molecule has 32 heavy (non-hydrogen) atoms. The summed E-state index contributed by atoms with van der Waals surface area (Å²) in [6.07, 6.45) is 1.76. The SMILES string of the molecule is COc1ccc(-c2csc(=NCc3ccccc3)n2N=C(C)c2ccccn2)c(OC)c1. The van der Waals surface area contributed by atoms with E-state index in [1.807, 2.05) is 71.6 Å². The number of thiazole rings is 1. The molecule has 4 rings (SSSR count). The average Bonchev–Trinajstić information content (AvgIpc) is 3.25. The lowest BCUT2D eigenvalue weighted by atomic mass is 10.1. The largest absolute Gasteiger partial charge is 0.497 e. The Labute approximate surface area is 191 Å². The second-order valence-corrected chi connectivity index (χ2v) is 7.82. The van der Waals surface area contributed by atoms with Gasteiger partial charge in [-0.25, -0.2) is 4.68 Å². The van der Waals surface area contributed by atoms with Crippen LogP contribution in [0.1, 0.15) is 18.2 Å². The molecule has 2 aromatic heterocycles. The number of benzene rings is 2. The van der Waals surface area contributed by atoms with Gasteiger partial charge in [0.05, 0.1) is 37.9 Å². The van der Waals surface area contributed by atoms with Gasteiger partial charge in [0.1, 0.15) is 11.5 Å². The smallest absolute Gasteiger partial charge is 0.206 e.